The molecule has 2 rings (SSSR count). The molecule has 0 aliphatic rings. The Hall–Kier alpha value is -2.03. The fourth-order valence-corrected chi connectivity index (χ4v) is 1.53. The average Bonchev–Trinajstić information content (AvgIpc) is 2.32. The van der Waals surface area contributed by atoms with E-state index in [1.165, 1.54) is 6.07 Å². The number of hydrogen-bond acceptors (Lipinski definition) is 1. The monoisotopic (exact) mass is 218 g/mol. The summed E-state index contributed by atoms with van der Waals surface area (Å²) in [4.78, 5) is 10.8. The summed E-state index contributed by atoms with van der Waals surface area (Å²) in [6.45, 7) is 0. The number of carbonyl (C=O) groups excluding carboxylic acids is 1. The Morgan fingerprint density at radius 3 is 2.38 bits per heavy atom. The summed E-state index contributed by atoms with van der Waals surface area (Å²) in [5.41, 5.74) is 1.53. The second-order valence-corrected chi connectivity index (χ2v) is 3.33. The molecule has 2 aromatic rings. The van der Waals surface area contributed by atoms with Crippen molar-refractivity contribution in [1.29, 1.82) is 0 Å². The van der Waals surface area contributed by atoms with Crippen molar-refractivity contribution in [1.82, 2.24) is 0 Å². The molecule has 2 aromatic carbocycles. The molecule has 0 heterocycles. The molecule has 0 N–H and O–H groups in total. The highest BCUT2D eigenvalue weighted by atomic mass is 19.2. The average molecular weight is 218 g/mol. The molecule has 0 aromatic heterocycles. The van der Waals surface area contributed by atoms with E-state index in [2.05, 4.69) is 0 Å². The van der Waals surface area contributed by atoms with Crippen LogP contribution in [0.3, 0.4) is 0 Å². The van der Waals surface area contributed by atoms with Crippen molar-refractivity contribution in [2.24, 2.45) is 0 Å². The van der Waals surface area contributed by atoms with Crippen LogP contribution in [0.5, 0.6) is 0 Å². The fourth-order valence-electron chi connectivity index (χ4n) is 1.53. The van der Waals surface area contributed by atoms with Gasteiger partial charge in [-0.15, -0.1) is 0 Å². The predicted octanol–water partition coefficient (Wildman–Crippen LogP) is 3.44. The maximum absolute atomic E-state index is 13.0. The second kappa shape index (κ2) is 4.23. The molecule has 0 bridgehead atoms. The van der Waals surface area contributed by atoms with Crippen molar-refractivity contribution in [2.45, 2.75) is 0 Å². The molecule has 80 valence electrons. The normalized spacial score (nSPS) is 10.1. The molecule has 1 nitrogen and oxygen atoms in total. The van der Waals surface area contributed by atoms with Crippen LogP contribution >= 0.6 is 0 Å². The van der Waals surface area contributed by atoms with Crippen molar-refractivity contribution >= 4 is 6.29 Å². The molecule has 0 aliphatic heterocycles. The first-order valence-corrected chi connectivity index (χ1v) is 4.72. The Bertz CT molecular complexity index is 535. The first-order valence-electron chi connectivity index (χ1n) is 4.72. The lowest BCUT2D eigenvalue weighted by atomic mass is 10.0. The number of carbonyl (C=O) groups is 1. The van der Waals surface area contributed by atoms with Crippen molar-refractivity contribution in [3.05, 3.63) is 59.7 Å². The van der Waals surface area contributed by atoms with Crippen molar-refractivity contribution in [3.8, 4) is 11.1 Å². The largest absolute Gasteiger partial charge is 0.298 e. The maximum atomic E-state index is 13.0. The van der Waals surface area contributed by atoms with Gasteiger partial charge in [0.25, 0.3) is 0 Å². The predicted molar refractivity (Wildman–Crippen MR) is 57.2 cm³/mol. The lowest BCUT2D eigenvalue weighted by Crippen LogP contribution is -1.89. The maximum Gasteiger partial charge on any atom is 0.159 e. The Morgan fingerprint density at radius 2 is 1.69 bits per heavy atom. The van der Waals surface area contributed by atoms with Gasteiger partial charge in [-0.25, -0.2) is 8.78 Å². The molecular weight excluding hydrogens is 210 g/mol. The number of hydrogen-bond donors (Lipinski definition) is 0. The molecule has 0 spiro atoms. The van der Waals surface area contributed by atoms with E-state index in [1.54, 1.807) is 24.3 Å². The standard InChI is InChI=1S/C13H8F2O/c14-12-6-5-9(7-13(12)15)11-4-2-1-3-10(11)8-16/h1-8H. The zero-order chi connectivity index (χ0) is 11.5. The van der Waals surface area contributed by atoms with Crippen molar-refractivity contribution < 1.29 is 13.6 Å². The van der Waals surface area contributed by atoms with Crippen LogP contribution in [0.2, 0.25) is 0 Å². The SMILES string of the molecule is O=Cc1ccccc1-c1ccc(F)c(F)c1. The van der Waals surface area contributed by atoms with E-state index in [0.29, 0.717) is 23.0 Å². The number of aldehydes is 1. The summed E-state index contributed by atoms with van der Waals surface area (Å²) in [5, 5.41) is 0. The minimum atomic E-state index is -0.918. The molecular formula is C13H8F2O. The van der Waals surface area contributed by atoms with Crippen LogP contribution in [0.4, 0.5) is 8.78 Å². The summed E-state index contributed by atoms with van der Waals surface area (Å²) >= 11 is 0. The van der Waals surface area contributed by atoms with Gasteiger partial charge >= 0.3 is 0 Å². The van der Waals surface area contributed by atoms with Gasteiger partial charge in [-0.05, 0) is 23.3 Å². The minimum absolute atomic E-state index is 0.452. The molecule has 0 atom stereocenters. The molecule has 0 saturated carbocycles. The van der Waals surface area contributed by atoms with Crippen LogP contribution in [0.25, 0.3) is 11.1 Å². The highest BCUT2D eigenvalue weighted by Gasteiger charge is 2.07. The van der Waals surface area contributed by atoms with E-state index >= 15 is 0 Å². The molecule has 0 aliphatic carbocycles. The van der Waals surface area contributed by atoms with E-state index in [-0.39, 0.29) is 0 Å². The lowest BCUT2D eigenvalue weighted by molar-refractivity contribution is 0.112. The van der Waals surface area contributed by atoms with E-state index in [9.17, 15) is 13.6 Å². The van der Waals surface area contributed by atoms with Gasteiger partial charge in [0.1, 0.15) is 0 Å². The first-order chi connectivity index (χ1) is 7.72. The summed E-state index contributed by atoms with van der Waals surface area (Å²) in [6, 6.07) is 10.3. The summed E-state index contributed by atoms with van der Waals surface area (Å²) in [7, 11) is 0. The number of benzene rings is 2. The van der Waals surface area contributed by atoms with Gasteiger partial charge in [0, 0.05) is 5.56 Å². The third-order valence-electron chi connectivity index (χ3n) is 2.32. The van der Waals surface area contributed by atoms with Crippen LogP contribution in [0.15, 0.2) is 42.5 Å². The quantitative estimate of drug-likeness (QED) is 0.705. The Kier molecular flexibility index (Phi) is 2.77. The van der Waals surface area contributed by atoms with E-state index in [1.807, 2.05) is 0 Å². The fraction of sp³-hybridized carbons (Fsp3) is 0. The Labute approximate surface area is 91.3 Å². The van der Waals surface area contributed by atoms with E-state index in [0.717, 1.165) is 12.1 Å². The smallest absolute Gasteiger partial charge is 0.159 e. The highest BCUT2D eigenvalue weighted by Crippen LogP contribution is 2.24. The highest BCUT2D eigenvalue weighted by molar-refractivity contribution is 5.87. The summed E-state index contributed by atoms with van der Waals surface area (Å²) in [5.74, 6) is -1.81. The molecule has 0 fully saturated rings. The Morgan fingerprint density at radius 1 is 0.938 bits per heavy atom. The van der Waals surface area contributed by atoms with Gasteiger partial charge in [0.05, 0.1) is 0 Å². The molecule has 0 unspecified atom stereocenters. The van der Waals surface area contributed by atoms with Gasteiger partial charge in [-0.1, -0.05) is 30.3 Å². The van der Waals surface area contributed by atoms with Crippen LogP contribution in [0.1, 0.15) is 10.4 Å². The topological polar surface area (TPSA) is 17.1 Å². The van der Waals surface area contributed by atoms with Crippen molar-refractivity contribution in [3.63, 3.8) is 0 Å². The molecule has 0 amide bonds. The molecule has 0 radical (unpaired) electrons. The molecule has 3 heteroatoms. The van der Waals surface area contributed by atoms with Crippen molar-refractivity contribution in [2.75, 3.05) is 0 Å². The Balaban J connectivity index is 2.58. The van der Waals surface area contributed by atoms with Crippen LogP contribution in [-0.4, -0.2) is 6.29 Å². The third kappa shape index (κ3) is 1.84. The number of halogens is 2. The van der Waals surface area contributed by atoms with E-state index < -0.39 is 11.6 Å². The van der Waals surface area contributed by atoms with Gasteiger partial charge in [-0.2, -0.15) is 0 Å². The molecule has 16 heavy (non-hydrogen) atoms. The second-order valence-electron chi connectivity index (χ2n) is 3.33. The minimum Gasteiger partial charge on any atom is -0.298 e. The van der Waals surface area contributed by atoms with Gasteiger partial charge in [0.2, 0.25) is 0 Å². The van der Waals surface area contributed by atoms with Crippen LogP contribution in [0, 0.1) is 11.6 Å². The third-order valence-corrected chi connectivity index (χ3v) is 2.32. The zero-order valence-electron chi connectivity index (χ0n) is 8.28. The van der Waals surface area contributed by atoms with Gasteiger partial charge in [0.15, 0.2) is 17.9 Å². The van der Waals surface area contributed by atoms with Gasteiger partial charge in [-0.3, -0.25) is 4.79 Å². The molecule has 0 saturated heterocycles. The number of rotatable bonds is 2. The van der Waals surface area contributed by atoms with Gasteiger partial charge < -0.3 is 0 Å². The van der Waals surface area contributed by atoms with Crippen LogP contribution in [-0.2, 0) is 0 Å². The summed E-state index contributed by atoms with van der Waals surface area (Å²) in [6.07, 6.45) is 0.691. The summed E-state index contributed by atoms with van der Waals surface area (Å²) < 4.78 is 25.8. The van der Waals surface area contributed by atoms with Crippen LogP contribution < -0.4 is 0 Å². The first kappa shape index (κ1) is 10.5. The lowest BCUT2D eigenvalue weighted by Gasteiger charge is -2.04. The zero-order valence-corrected chi connectivity index (χ0v) is 8.28. The van der Waals surface area contributed by atoms with E-state index in [4.69, 9.17) is 0 Å².